The maximum absolute atomic E-state index is 2.92. The Morgan fingerprint density at radius 1 is 0.630 bits per heavy atom. The number of hydrogen-bond donors (Lipinski definition) is 0. The molecule has 0 radical (unpaired) electrons. The van der Waals surface area contributed by atoms with Crippen LogP contribution in [-0.4, -0.2) is 0 Å². The number of hydrogen-bond acceptors (Lipinski definition) is 0. The van der Waals surface area contributed by atoms with Crippen LogP contribution in [0.15, 0.2) is 84.0 Å². The lowest BCUT2D eigenvalue weighted by Crippen LogP contribution is -2.43. The van der Waals surface area contributed by atoms with Crippen molar-refractivity contribution in [3.05, 3.63) is 128 Å². The molecule has 0 nitrogen and oxygen atoms in total. The van der Waals surface area contributed by atoms with Crippen molar-refractivity contribution in [2.45, 2.75) is 143 Å². The molecule has 1 spiro atoms. The van der Waals surface area contributed by atoms with Crippen LogP contribution in [0.2, 0.25) is 0 Å². The molecule has 4 aromatic rings. The molecule has 0 bridgehead atoms. The molecule has 54 heavy (non-hydrogen) atoms. The predicted molar refractivity (Wildman–Crippen MR) is 233 cm³/mol. The summed E-state index contributed by atoms with van der Waals surface area (Å²) in [6.07, 6.45) is 17.4. The molecule has 0 amide bonds. The summed E-state index contributed by atoms with van der Waals surface area (Å²) in [5, 5.41) is 2.94. The van der Waals surface area contributed by atoms with E-state index in [1.807, 2.05) is 0 Å². The largest absolute Gasteiger partial charge is 0.0654 e. The molecular weight excluding hydrogens is 649 g/mol. The number of rotatable bonds is 7. The SMILES string of the molecule is CCC(CC)C1=CC2(c3ccc4c(c3-c3ccc5c(C)cc(C)cc5c32)C(C)(C)C2=C4C(C)(C)c3ccccc32)C(C2CCCCC2)C(C(CC)CC)=C1. The van der Waals surface area contributed by atoms with E-state index < -0.39 is 0 Å². The summed E-state index contributed by atoms with van der Waals surface area (Å²) in [7, 11) is 0. The molecule has 5 aliphatic rings. The fourth-order valence-corrected chi connectivity index (χ4v) is 13.4. The zero-order valence-electron chi connectivity index (χ0n) is 35.1. The summed E-state index contributed by atoms with van der Waals surface area (Å²) >= 11 is 0. The van der Waals surface area contributed by atoms with Gasteiger partial charge in [0.1, 0.15) is 0 Å². The third kappa shape index (κ3) is 4.67. The molecule has 4 aromatic carbocycles. The Morgan fingerprint density at radius 3 is 2.00 bits per heavy atom. The molecule has 5 aliphatic carbocycles. The fourth-order valence-electron chi connectivity index (χ4n) is 13.4. The van der Waals surface area contributed by atoms with Crippen LogP contribution in [-0.2, 0) is 16.2 Å². The van der Waals surface area contributed by atoms with E-state index in [9.17, 15) is 0 Å². The first-order chi connectivity index (χ1) is 25.9. The van der Waals surface area contributed by atoms with Crippen LogP contribution in [0.5, 0.6) is 0 Å². The predicted octanol–water partition coefficient (Wildman–Crippen LogP) is 15.2. The highest BCUT2D eigenvalue weighted by Crippen LogP contribution is 2.69. The van der Waals surface area contributed by atoms with Crippen molar-refractivity contribution < 1.29 is 0 Å². The smallest absolute Gasteiger partial charge is 0.0474 e. The van der Waals surface area contributed by atoms with Gasteiger partial charge in [0.2, 0.25) is 0 Å². The summed E-state index contributed by atoms with van der Waals surface area (Å²) in [6.45, 7) is 24.6. The monoisotopic (exact) mass is 713 g/mol. The van der Waals surface area contributed by atoms with Crippen LogP contribution in [0.1, 0.15) is 158 Å². The van der Waals surface area contributed by atoms with Gasteiger partial charge in [-0.15, -0.1) is 0 Å². The topological polar surface area (TPSA) is 0 Å². The van der Waals surface area contributed by atoms with Crippen molar-refractivity contribution in [1.82, 2.24) is 0 Å². The van der Waals surface area contributed by atoms with Gasteiger partial charge in [-0.2, -0.15) is 0 Å². The highest BCUT2D eigenvalue weighted by molar-refractivity contribution is 6.13. The number of fused-ring (bicyclic) bond motifs is 12. The number of benzene rings is 4. The van der Waals surface area contributed by atoms with Gasteiger partial charge in [0, 0.05) is 22.2 Å². The van der Waals surface area contributed by atoms with Gasteiger partial charge in [-0.1, -0.05) is 159 Å². The van der Waals surface area contributed by atoms with Crippen LogP contribution in [0.4, 0.5) is 0 Å². The Morgan fingerprint density at radius 2 is 1.30 bits per heavy atom. The first-order valence-electron chi connectivity index (χ1n) is 22.0. The maximum Gasteiger partial charge on any atom is 0.0474 e. The third-order valence-electron chi connectivity index (χ3n) is 15.7. The zero-order valence-corrected chi connectivity index (χ0v) is 35.1. The van der Waals surface area contributed by atoms with Gasteiger partial charge in [0.05, 0.1) is 0 Å². The van der Waals surface area contributed by atoms with E-state index in [2.05, 4.69) is 142 Å². The van der Waals surface area contributed by atoms with Gasteiger partial charge in [0.15, 0.2) is 0 Å². The molecule has 2 atom stereocenters. The van der Waals surface area contributed by atoms with Crippen molar-refractivity contribution in [3.8, 4) is 11.1 Å². The Kier molecular flexibility index (Phi) is 8.47. The van der Waals surface area contributed by atoms with E-state index in [0.717, 1.165) is 0 Å². The zero-order chi connectivity index (χ0) is 37.9. The molecule has 0 heteroatoms. The average Bonchev–Trinajstić information content (AvgIpc) is 3.68. The summed E-state index contributed by atoms with van der Waals surface area (Å²) in [6, 6.07) is 24.7. The van der Waals surface area contributed by atoms with Crippen LogP contribution >= 0.6 is 0 Å². The van der Waals surface area contributed by atoms with Crippen molar-refractivity contribution in [1.29, 1.82) is 0 Å². The molecule has 0 heterocycles. The van der Waals surface area contributed by atoms with E-state index >= 15 is 0 Å². The summed E-state index contributed by atoms with van der Waals surface area (Å²) in [5.41, 5.74) is 21.4. The molecule has 0 aliphatic heterocycles. The minimum absolute atomic E-state index is 0.0389. The fraction of sp³-hybridized carbons (Fsp3) is 0.481. The quantitative estimate of drug-likeness (QED) is 0.179. The van der Waals surface area contributed by atoms with Gasteiger partial charge < -0.3 is 0 Å². The van der Waals surface area contributed by atoms with Gasteiger partial charge in [-0.3, -0.25) is 0 Å². The van der Waals surface area contributed by atoms with E-state index in [1.54, 1.807) is 44.5 Å². The van der Waals surface area contributed by atoms with Crippen LogP contribution in [0, 0.1) is 37.5 Å². The Hall–Kier alpha value is -3.64. The minimum Gasteiger partial charge on any atom is -0.0654 e. The molecule has 9 rings (SSSR count). The van der Waals surface area contributed by atoms with Gasteiger partial charge in [-0.05, 0) is 148 Å². The van der Waals surface area contributed by atoms with Crippen LogP contribution in [0.25, 0.3) is 33.0 Å². The second-order valence-corrected chi connectivity index (χ2v) is 19.2. The van der Waals surface area contributed by atoms with Crippen LogP contribution < -0.4 is 0 Å². The molecule has 2 unspecified atom stereocenters. The number of aryl methyl sites for hydroxylation is 2. The lowest BCUT2D eigenvalue weighted by atomic mass is 9.53. The second kappa shape index (κ2) is 12.7. The second-order valence-electron chi connectivity index (χ2n) is 19.2. The summed E-state index contributed by atoms with van der Waals surface area (Å²) in [4.78, 5) is 0. The normalized spacial score (nSPS) is 23.5. The molecule has 280 valence electrons. The maximum atomic E-state index is 2.92. The first-order valence-corrected chi connectivity index (χ1v) is 22.0. The highest BCUT2D eigenvalue weighted by Gasteiger charge is 2.58. The van der Waals surface area contributed by atoms with E-state index in [-0.39, 0.29) is 16.2 Å². The first kappa shape index (κ1) is 36.0. The van der Waals surface area contributed by atoms with Crippen molar-refractivity contribution in [2.75, 3.05) is 0 Å². The lowest BCUT2D eigenvalue weighted by Gasteiger charge is -2.50. The van der Waals surface area contributed by atoms with Gasteiger partial charge >= 0.3 is 0 Å². The molecule has 0 saturated heterocycles. The Balaban J connectivity index is 1.45. The Labute approximate surface area is 327 Å². The molecule has 0 N–H and O–H groups in total. The van der Waals surface area contributed by atoms with Gasteiger partial charge in [0.25, 0.3) is 0 Å². The molecular formula is C54H64. The van der Waals surface area contributed by atoms with Crippen LogP contribution in [0.3, 0.4) is 0 Å². The summed E-state index contributed by atoms with van der Waals surface area (Å²) < 4.78 is 0. The minimum atomic E-state index is -0.206. The van der Waals surface area contributed by atoms with E-state index in [4.69, 9.17) is 0 Å². The molecule has 1 fully saturated rings. The average molecular weight is 713 g/mol. The highest BCUT2D eigenvalue weighted by atomic mass is 14.6. The lowest BCUT2D eigenvalue weighted by molar-refractivity contribution is 0.210. The third-order valence-corrected chi connectivity index (χ3v) is 15.7. The van der Waals surface area contributed by atoms with Crippen molar-refractivity contribution in [3.63, 3.8) is 0 Å². The van der Waals surface area contributed by atoms with Crippen molar-refractivity contribution >= 4 is 21.9 Å². The van der Waals surface area contributed by atoms with Gasteiger partial charge in [-0.25, -0.2) is 0 Å². The van der Waals surface area contributed by atoms with Crippen molar-refractivity contribution in [2.24, 2.45) is 23.7 Å². The molecule has 0 aromatic heterocycles. The molecule has 1 saturated carbocycles. The van der Waals surface area contributed by atoms with E-state index in [1.165, 1.54) is 102 Å². The van der Waals surface area contributed by atoms with E-state index in [0.29, 0.717) is 23.7 Å². The standard InChI is InChI=1S/C54H64/c1-11-34(12-2)37-30-42(35(13-3)14-4)47(36-20-16-15-17-21-36)54(31-37)45-27-26-41-49(46(45)40-25-24-38-33(6)28-32(5)29-43(38)48(40)54)53(9,10)50-39-22-18-19-23-44(39)52(7,8)51(41)50/h18-19,22-31,34-36,47H,11-17,20-21H2,1-10H3. The Bertz CT molecular complexity index is 2280. The number of allylic oxidation sites excluding steroid dienone is 6. The summed E-state index contributed by atoms with van der Waals surface area (Å²) in [5.74, 6) is 2.32.